The van der Waals surface area contributed by atoms with Crippen molar-refractivity contribution in [3.05, 3.63) is 93.3 Å². The Balaban J connectivity index is 1.53. The van der Waals surface area contributed by atoms with E-state index in [1.54, 1.807) is 41.8 Å². The summed E-state index contributed by atoms with van der Waals surface area (Å²) >= 11 is 0. The third kappa shape index (κ3) is 3.46. The van der Waals surface area contributed by atoms with Crippen molar-refractivity contribution < 1.29 is 14.3 Å². The van der Waals surface area contributed by atoms with E-state index in [0.29, 0.717) is 60.8 Å². The summed E-state index contributed by atoms with van der Waals surface area (Å²) in [6, 6.07) is 18.5. The van der Waals surface area contributed by atoms with E-state index >= 15 is 0 Å². The molecule has 7 heteroatoms. The zero-order valence-corrected chi connectivity index (χ0v) is 24.7. The number of fused-ring (bicyclic) bond motifs is 4. The van der Waals surface area contributed by atoms with Gasteiger partial charge in [-0.15, -0.1) is 0 Å². The summed E-state index contributed by atoms with van der Waals surface area (Å²) in [5, 5.41) is 2.23. The first-order chi connectivity index (χ1) is 19.8. The van der Waals surface area contributed by atoms with Gasteiger partial charge in [0.05, 0.1) is 23.8 Å². The lowest BCUT2D eigenvalue weighted by Gasteiger charge is -2.34. The highest BCUT2D eigenvalue weighted by Gasteiger charge is 2.38. The molecule has 1 aliphatic rings. The van der Waals surface area contributed by atoms with Crippen LogP contribution in [0.15, 0.2) is 65.5 Å². The van der Waals surface area contributed by atoms with Crippen molar-refractivity contribution in [1.82, 2.24) is 9.38 Å². The van der Waals surface area contributed by atoms with Crippen molar-refractivity contribution in [3.8, 4) is 5.75 Å². The third-order valence-corrected chi connectivity index (χ3v) is 8.48. The van der Waals surface area contributed by atoms with Crippen molar-refractivity contribution in [3.63, 3.8) is 0 Å². The Kier molecular flexibility index (Phi) is 5.22. The first kappa shape index (κ1) is 26.1. The first-order valence-electron chi connectivity index (χ1n) is 14.1. The number of imide groups is 1. The number of benzene rings is 4. The minimum absolute atomic E-state index is 0.179. The fourth-order valence-corrected chi connectivity index (χ4v) is 6.27. The maximum absolute atomic E-state index is 14.3. The number of rotatable bonds is 2. The Hall–Kier alpha value is -4.78. The van der Waals surface area contributed by atoms with E-state index in [4.69, 9.17) is 9.72 Å². The molecule has 0 saturated carbocycles. The van der Waals surface area contributed by atoms with Crippen LogP contribution in [0.4, 0.5) is 5.69 Å². The van der Waals surface area contributed by atoms with Gasteiger partial charge in [0.15, 0.2) is 0 Å². The quantitative estimate of drug-likeness (QED) is 0.214. The largest absolute Gasteiger partial charge is 0.497 e. The SMILES string of the molecule is COc1ccc2nc3c4ccc5c6c(ccc(c(=O)n3c2c1)c64)C(=O)N(c1cc(C(C)(C)C)ccc1C(C)(C)C)C5=O. The molecule has 0 spiro atoms. The molecule has 0 bridgehead atoms. The summed E-state index contributed by atoms with van der Waals surface area (Å²) in [4.78, 5) is 48.7. The maximum Gasteiger partial charge on any atom is 0.265 e. The number of methoxy groups -OCH3 is 1. The molecule has 0 N–H and O–H groups in total. The van der Waals surface area contributed by atoms with Gasteiger partial charge < -0.3 is 4.74 Å². The number of aromatic nitrogens is 2. The van der Waals surface area contributed by atoms with Gasteiger partial charge in [-0.05, 0) is 64.4 Å². The second kappa shape index (κ2) is 8.38. The molecule has 6 aromatic rings. The van der Waals surface area contributed by atoms with Crippen LogP contribution >= 0.6 is 0 Å². The highest BCUT2D eigenvalue weighted by atomic mass is 16.5. The Morgan fingerprint density at radius 1 is 0.714 bits per heavy atom. The van der Waals surface area contributed by atoms with E-state index in [0.717, 1.165) is 11.1 Å². The fourth-order valence-electron chi connectivity index (χ4n) is 6.27. The van der Waals surface area contributed by atoms with Gasteiger partial charge in [-0.3, -0.25) is 18.8 Å². The van der Waals surface area contributed by atoms with Crippen LogP contribution in [0, 0.1) is 0 Å². The summed E-state index contributed by atoms with van der Waals surface area (Å²) in [5.74, 6) is -0.177. The molecule has 4 aromatic carbocycles. The number of nitrogens with zero attached hydrogens (tertiary/aromatic N) is 3. The topological polar surface area (TPSA) is 81.0 Å². The number of imidazole rings is 1. The molecule has 0 aliphatic carbocycles. The van der Waals surface area contributed by atoms with Crippen LogP contribution in [0.25, 0.3) is 38.2 Å². The normalized spacial score (nSPS) is 14.2. The van der Waals surface area contributed by atoms with Crippen molar-refractivity contribution >= 4 is 55.7 Å². The van der Waals surface area contributed by atoms with E-state index in [2.05, 4.69) is 47.6 Å². The average Bonchev–Trinajstić information content (AvgIpc) is 3.33. The number of pyridine rings is 1. The molecule has 3 heterocycles. The van der Waals surface area contributed by atoms with Crippen LogP contribution in [0.3, 0.4) is 0 Å². The van der Waals surface area contributed by atoms with E-state index < -0.39 is 11.8 Å². The summed E-state index contributed by atoms with van der Waals surface area (Å²) in [6.45, 7) is 12.6. The number of anilines is 1. The molecule has 2 amide bonds. The molecule has 0 saturated heterocycles. The van der Waals surface area contributed by atoms with Crippen LogP contribution in [0.2, 0.25) is 0 Å². The van der Waals surface area contributed by atoms with Gasteiger partial charge in [-0.2, -0.15) is 0 Å². The van der Waals surface area contributed by atoms with Gasteiger partial charge in [-0.1, -0.05) is 53.7 Å². The van der Waals surface area contributed by atoms with Gasteiger partial charge in [0.2, 0.25) is 0 Å². The molecule has 7 nitrogen and oxygen atoms in total. The molecule has 7 rings (SSSR count). The lowest BCUT2D eigenvalue weighted by molar-refractivity contribution is 0.0893. The van der Waals surface area contributed by atoms with E-state index in [1.165, 1.54) is 4.90 Å². The summed E-state index contributed by atoms with van der Waals surface area (Å²) in [6.07, 6.45) is 0. The predicted octanol–water partition coefficient (Wildman–Crippen LogP) is 7.00. The van der Waals surface area contributed by atoms with Crippen LogP contribution in [-0.2, 0) is 10.8 Å². The zero-order chi connectivity index (χ0) is 29.9. The number of hydrogen-bond acceptors (Lipinski definition) is 5. The molecule has 0 radical (unpaired) electrons. The molecule has 210 valence electrons. The standard InChI is InChI=1S/C35H31N3O4/c1-34(2,3)18-8-14-24(35(4,5)6)26(16-18)38-32(40)22-11-10-20-28-21(12-13-23(29(22)28)33(38)41)31(39)37-27-17-19(42-7)9-15-25(27)36-30(20)37/h8-17H,1-7H3. The molecule has 0 atom stereocenters. The van der Waals surface area contributed by atoms with Crippen molar-refractivity contribution in [2.45, 2.75) is 52.4 Å². The monoisotopic (exact) mass is 557 g/mol. The van der Waals surface area contributed by atoms with Crippen molar-refractivity contribution in [1.29, 1.82) is 0 Å². The van der Waals surface area contributed by atoms with Crippen LogP contribution in [-0.4, -0.2) is 28.3 Å². The average molecular weight is 558 g/mol. The number of ether oxygens (including phenoxy) is 1. The molecule has 2 aromatic heterocycles. The van der Waals surface area contributed by atoms with Crippen LogP contribution in [0.5, 0.6) is 5.75 Å². The summed E-state index contributed by atoms with van der Waals surface area (Å²) in [5.41, 5.74) is 4.34. The predicted molar refractivity (Wildman–Crippen MR) is 167 cm³/mol. The van der Waals surface area contributed by atoms with Crippen LogP contribution < -0.4 is 15.2 Å². The Morgan fingerprint density at radius 3 is 2.00 bits per heavy atom. The molecule has 0 fully saturated rings. The van der Waals surface area contributed by atoms with Gasteiger partial charge in [-0.25, -0.2) is 9.88 Å². The summed E-state index contributed by atoms with van der Waals surface area (Å²) < 4.78 is 6.98. The van der Waals surface area contributed by atoms with E-state index in [-0.39, 0.29) is 16.4 Å². The molecule has 42 heavy (non-hydrogen) atoms. The van der Waals surface area contributed by atoms with Crippen molar-refractivity contribution in [2.24, 2.45) is 0 Å². The number of amides is 2. The number of carbonyl (C=O) groups excluding carboxylic acids is 2. The molecule has 1 aliphatic heterocycles. The summed E-state index contributed by atoms with van der Waals surface area (Å²) in [7, 11) is 1.58. The molecular weight excluding hydrogens is 526 g/mol. The highest BCUT2D eigenvalue weighted by Crippen LogP contribution is 2.42. The van der Waals surface area contributed by atoms with Gasteiger partial charge in [0.25, 0.3) is 17.4 Å². The Bertz CT molecular complexity index is 2190. The van der Waals surface area contributed by atoms with E-state index in [1.807, 2.05) is 24.3 Å². The lowest BCUT2D eigenvalue weighted by atomic mass is 9.80. The smallest absolute Gasteiger partial charge is 0.265 e. The molecular formula is C35H31N3O4. The maximum atomic E-state index is 14.3. The minimum atomic E-state index is -0.399. The number of hydrogen-bond donors (Lipinski definition) is 0. The first-order valence-corrected chi connectivity index (χ1v) is 14.1. The molecule has 0 unspecified atom stereocenters. The number of carbonyl (C=O) groups is 2. The van der Waals surface area contributed by atoms with Crippen LogP contribution in [0.1, 0.15) is 73.4 Å². The van der Waals surface area contributed by atoms with E-state index in [9.17, 15) is 14.4 Å². The third-order valence-electron chi connectivity index (χ3n) is 8.48. The fraction of sp³-hybridized carbons (Fsp3) is 0.257. The van der Waals surface area contributed by atoms with Gasteiger partial charge in [0, 0.05) is 38.7 Å². The second-order valence-corrected chi connectivity index (χ2v) is 13.2. The second-order valence-electron chi connectivity index (χ2n) is 13.2. The lowest BCUT2D eigenvalue weighted by Crippen LogP contribution is -2.42. The Morgan fingerprint density at radius 2 is 1.38 bits per heavy atom. The zero-order valence-electron chi connectivity index (χ0n) is 24.7. The Labute approximate surface area is 242 Å². The van der Waals surface area contributed by atoms with Gasteiger partial charge in [0.1, 0.15) is 11.4 Å². The highest BCUT2D eigenvalue weighted by molar-refractivity contribution is 6.39. The van der Waals surface area contributed by atoms with Crippen molar-refractivity contribution in [2.75, 3.05) is 12.0 Å². The minimum Gasteiger partial charge on any atom is -0.497 e. The van der Waals surface area contributed by atoms with Gasteiger partial charge >= 0.3 is 0 Å².